The third-order valence-corrected chi connectivity index (χ3v) is 5.48. The molecule has 1 amide bonds. The van der Waals surface area contributed by atoms with Gasteiger partial charge in [-0.1, -0.05) is 43.7 Å². The molecule has 2 aromatic heterocycles. The molecular formula is C23H26N6O3. The van der Waals surface area contributed by atoms with Gasteiger partial charge in [-0.3, -0.25) is 24.0 Å². The molecule has 0 radical (unpaired) electrons. The van der Waals surface area contributed by atoms with Crippen LogP contribution in [0.2, 0.25) is 0 Å². The van der Waals surface area contributed by atoms with Gasteiger partial charge in [-0.05, 0) is 30.9 Å². The van der Waals surface area contributed by atoms with Crippen LogP contribution in [0, 0.1) is 0 Å². The molecule has 3 aromatic rings. The minimum atomic E-state index is -0.707. The Balaban J connectivity index is 1.81. The summed E-state index contributed by atoms with van der Waals surface area (Å²) in [7, 11) is 0. The molecule has 1 aliphatic carbocycles. The average Bonchev–Trinajstić information content (AvgIpc) is 3.64. The SMILES string of the molecule is CCCCn1c(N)c(N(Cc2ccccc2)C(=O)c2ccnc(C3CC3)n2)c(=O)[nH]c1=O. The smallest absolute Gasteiger partial charge is 0.330 e. The van der Waals surface area contributed by atoms with E-state index in [4.69, 9.17) is 5.73 Å². The van der Waals surface area contributed by atoms with Crippen LogP contribution in [0.15, 0.2) is 52.2 Å². The van der Waals surface area contributed by atoms with Gasteiger partial charge in [0.1, 0.15) is 17.3 Å². The van der Waals surface area contributed by atoms with Gasteiger partial charge >= 0.3 is 5.69 Å². The van der Waals surface area contributed by atoms with E-state index in [1.54, 1.807) is 6.20 Å². The predicted octanol–water partition coefficient (Wildman–Crippen LogP) is 2.43. The number of nitrogen functional groups attached to an aromatic ring is 1. The molecule has 0 spiro atoms. The van der Waals surface area contributed by atoms with Crippen molar-refractivity contribution in [2.75, 3.05) is 10.6 Å². The number of carbonyl (C=O) groups is 1. The summed E-state index contributed by atoms with van der Waals surface area (Å²) in [5, 5.41) is 0. The number of benzene rings is 1. The quantitative estimate of drug-likeness (QED) is 0.561. The third-order valence-electron chi connectivity index (χ3n) is 5.48. The van der Waals surface area contributed by atoms with Crippen molar-refractivity contribution in [2.45, 2.75) is 51.6 Å². The molecule has 4 rings (SSSR count). The molecule has 3 N–H and O–H groups in total. The highest BCUT2D eigenvalue weighted by atomic mass is 16.2. The van der Waals surface area contributed by atoms with Crippen molar-refractivity contribution in [2.24, 2.45) is 0 Å². The van der Waals surface area contributed by atoms with E-state index in [9.17, 15) is 14.4 Å². The first-order chi connectivity index (χ1) is 15.5. The van der Waals surface area contributed by atoms with Gasteiger partial charge in [-0.2, -0.15) is 0 Å². The van der Waals surface area contributed by atoms with Crippen molar-refractivity contribution in [3.63, 3.8) is 0 Å². The van der Waals surface area contributed by atoms with E-state index in [-0.39, 0.29) is 29.7 Å². The molecule has 32 heavy (non-hydrogen) atoms. The maximum absolute atomic E-state index is 13.6. The fourth-order valence-electron chi connectivity index (χ4n) is 3.56. The lowest BCUT2D eigenvalue weighted by Gasteiger charge is -2.24. The number of nitrogens with two attached hydrogens (primary N) is 1. The lowest BCUT2D eigenvalue weighted by molar-refractivity contribution is 0.0979. The zero-order valence-electron chi connectivity index (χ0n) is 18.0. The van der Waals surface area contributed by atoms with Gasteiger partial charge in [0.05, 0.1) is 6.54 Å². The van der Waals surface area contributed by atoms with Crippen LogP contribution in [-0.4, -0.2) is 25.4 Å². The number of hydrogen-bond donors (Lipinski definition) is 2. The lowest BCUT2D eigenvalue weighted by atomic mass is 10.2. The molecule has 0 aliphatic heterocycles. The summed E-state index contributed by atoms with van der Waals surface area (Å²) in [6, 6.07) is 10.8. The number of H-pyrrole nitrogens is 1. The Kier molecular flexibility index (Phi) is 6.16. The summed E-state index contributed by atoms with van der Waals surface area (Å²) in [6.45, 7) is 2.44. The highest BCUT2D eigenvalue weighted by Crippen LogP contribution is 2.37. The molecular weight excluding hydrogens is 408 g/mol. The maximum Gasteiger partial charge on any atom is 0.330 e. The van der Waals surface area contributed by atoms with Crippen LogP contribution >= 0.6 is 0 Å². The Morgan fingerprint density at radius 1 is 1.22 bits per heavy atom. The molecule has 1 saturated carbocycles. The fourth-order valence-corrected chi connectivity index (χ4v) is 3.56. The van der Waals surface area contributed by atoms with Crippen LogP contribution in [0.4, 0.5) is 11.5 Å². The number of unbranched alkanes of at least 4 members (excludes halogenated alkanes) is 1. The van der Waals surface area contributed by atoms with Crippen LogP contribution in [0.3, 0.4) is 0 Å². The second-order valence-electron chi connectivity index (χ2n) is 7.95. The van der Waals surface area contributed by atoms with Crippen LogP contribution in [0.1, 0.15) is 60.4 Å². The number of aromatic nitrogens is 4. The number of nitrogens with zero attached hydrogens (tertiary/aromatic N) is 4. The molecule has 1 aromatic carbocycles. The van der Waals surface area contributed by atoms with E-state index in [1.807, 2.05) is 37.3 Å². The predicted molar refractivity (Wildman–Crippen MR) is 122 cm³/mol. The van der Waals surface area contributed by atoms with E-state index in [2.05, 4.69) is 15.0 Å². The topological polar surface area (TPSA) is 127 Å². The van der Waals surface area contributed by atoms with Gasteiger partial charge < -0.3 is 5.73 Å². The zero-order chi connectivity index (χ0) is 22.7. The molecule has 1 aliphatic rings. The standard InChI is InChI=1S/C23H26N6O3/c1-2-3-13-28-19(24)18(21(30)27-23(28)32)29(14-15-7-5-4-6-8-15)22(31)17-11-12-25-20(26-17)16-9-10-16/h4-8,11-12,16H,2-3,9-10,13-14,24H2,1H3,(H,27,30,32). The van der Waals surface area contributed by atoms with Crippen molar-refractivity contribution in [1.82, 2.24) is 19.5 Å². The molecule has 9 heteroatoms. The van der Waals surface area contributed by atoms with Gasteiger partial charge in [0.2, 0.25) is 0 Å². The summed E-state index contributed by atoms with van der Waals surface area (Å²) < 4.78 is 1.31. The van der Waals surface area contributed by atoms with Gasteiger partial charge in [0.25, 0.3) is 11.5 Å². The van der Waals surface area contributed by atoms with Crippen LogP contribution < -0.4 is 21.9 Å². The monoisotopic (exact) mass is 434 g/mol. The molecule has 0 bridgehead atoms. The number of nitrogens with one attached hydrogen (secondary N) is 1. The normalized spacial score (nSPS) is 13.2. The summed E-state index contributed by atoms with van der Waals surface area (Å²) >= 11 is 0. The third kappa shape index (κ3) is 4.46. The first-order valence-corrected chi connectivity index (χ1v) is 10.8. The van der Waals surface area contributed by atoms with Gasteiger partial charge in [0, 0.05) is 18.7 Å². The number of amides is 1. The number of anilines is 2. The van der Waals surface area contributed by atoms with E-state index in [1.165, 1.54) is 15.5 Å². The van der Waals surface area contributed by atoms with E-state index in [0.29, 0.717) is 18.8 Å². The summed E-state index contributed by atoms with van der Waals surface area (Å²) in [6.07, 6.45) is 5.11. The molecule has 2 heterocycles. The van der Waals surface area contributed by atoms with Crippen LogP contribution in [0.5, 0.6) is 0 Å². The van der Waals surface area contributed by atoms with Gasteiger partial charge in [-0.15, -0.1) is 0 Å². The molecule has 1 fully saturated rings. The summed E-state index contributed by atoms with van der Waals surface area (Å²) in [5.74, 6) is 0.393. The van der Waals surface area contributed by atoms with Crippen molar-refractivity contribution in [3.05, 3.63) is 80.5 Å². The Bertz CT molecular complexity index is 1230. The fraction of sp³-hybridized carbons (Fsp3) is 0.348. The minimum Gasteiger partial charge on any atom is -0.383 e. The summed E-state index contributed by atoms with van der Waals surface area (Å²) in [5.41, 5.74) is 5.94. The average molecular weight is 435 g/mol. The molecule has 166 valence electrons. The number of rotatable bonds is 8. The summed E-state index contributed by atoms with van der Waals surface area (Å²) in [4.78, 5) is 51.2. The first-order valence-electron chi connectivity index (χ1n) is 10.8. The van der Waals surface area contributed by atoms with Gasteiger partial charge in [-0.25, -0.2) is 14.8 Å². The van der Waals surface area contributed by atoms with Crippen LogP contribution in [0.25, 0.3) is 0 Å². The van der Waals surface area contributed by atoms with Crippen molar-refractivity contribution in [3.8, 4) is 0 Å². The first kappa shape index (κ1) is 21.5. The van der Waals surface area contributed by atoms with E-state index in [0.717, 1.165) is 24.8 Å². The minimum absolute atomic E-state index is 0.0343. The Morgan fingerprint density at radius 2 is 1.97 bits per heavy atom. The van der Waals surface area contributed by atoms with E-state index >= 15 is 0 Å². The second-order valence-corrected chi connectivity index (χ2v) is 7.95. The Morgan fingerprint density at radius 3 is 2.66 bits per heavy atom. The molecule has 0 unspecified atom stereocenters. The Labute approximate surface area is 184 Å². The van der Waals surface area contributed by atoms with Crippen molar-refractivity contribution in [1.29, 1.82) is 0 Å². The highest BCUT2D eigenvalue weighted by Gasteiger charge is 2.30. The number of carbonyl (C=O) groups excluding carboxylic acids is 1. The molecule has 9 nitrogen and oxygen atoms in total. The van der Waals surface area contributed by atoms with Crippen molar-refractivity contribution < 1.29 is 4.79 Å². The number of hydrogen-bond acceptors (Lipinski definition) is 6. The number of aromatic amines is 1. The lowest BCUT2D eigenvalue weighted by Crippen LogP contribution is -2.41. The van der Waals surface area contributed by atoms with Gasteiger partial charge in [0.15, 0.2) is 5.69 Å². The zero-order valence-corrected chi connectivity index (χ0v) is 18.0. The maximum atomic E-state index is 13.6. The van der Waals surface area contributed by atoms with E-state index < -0.39 is 17.2 Å². The van der Waals surface area contributed by atoms with Crippen molar-refractivity contribution >= 4 is 17.4 Å². The van der Waals surface area contributed by atoms with Crippen LogP contribution in [-0.2, 0) is 13.1 Å². The second kappa shape index (κ2) is 9.17. The largest absolute Gasteiger partial charge is 0.383 e. The Hall–Kier alpha value is -3.75. The molecule has 0 saturated heterocycles. The highest BCUT2D eigenvalue weighted by molar-refractivity contribution is 6.05. The molecule has 0 atom stereocenters.